The van der Waals surface area contributed by atoms with Crippen LogP contribution < -0.4 is 10.9 Å². The van der Waals surface area contributed by atoms with E-state index in [-0.39, 0.29) is 24.0 Å². The summed E-state index contributed by atoms with van der Waals surface area (Å²) in [7, 11) is 0. The number of aromatic nitrogens is 2. The predicted molar refractivity (Wildman–Crippen MR) is 124 cm³/mol. The molecule has 2 N–H and O–H groups in total. The lowest BCUT2D eigenvalue weighted by Crippen LogP contribution is -2.24. The van der Waals surface area contributed by atoms with Gasteiger partial charge in [-0.25, -0.2) is 9.78 Å². The van der Waals surface area contributed by atoms with Crippen molar-refractivity contribution in [3.63, 3.8) is 0 Å². The van der Waals surface area contributed by atoms with Crippen LogP contribution in [0.3, 0.4) is 0 Å². The van der Waals surface area contributed by atoms with Gasteiger partial charge in [0.1, 0.15) is 5.00 Å². The van der Waals surface area contributed by atoms with Crippen LogP contribution in [-0.2, 0) is 28.8 Å². The molecular formula is C22H29N3O4S2. The SMILES string of the molecule is CCOC(=O)c1c(NC(=O)C(C)Sc2nc(C)c(CC)c(=O)[nH]2)sc2c1CCCCC2. The van der Waals surface area contributed by atoms with Crippen molar-refractivity contribution >= 4 is 40.0 Å². The minimum atomic E-state index is -0.507. The Bertz CT molecular complexity index is 1030. The topological polar surface area (TPSA) is 101 Å². The molecule has 31 heavy (non-hydrogen) atoms. The van der Waals surface area contributed by atoms with Gasteiger partial charge in [0, 0.05) is 16.1 Å². The first kappa shape index (κ1) is 23.5. The van der Waals surface area contributed by atoms with Crippen molar-refractivity contribution in [1.29, 1.82) is 0 Å². The van der Waals surface area contributed by atoms with E-state index in [0.717, 1.165) is 42.5 Å². The van der Waals surface area contributed by atoms with Gasteiger partial charge in [0.15, 0.2) is 5.16 Å². The van der Waals surface area contributed by atoms with E-state index < -0.39 is 5.25 Å². The average molecular weight is 464 g/mol. The molecule has 2 aromatic rings. The maximum absolute atomic E-state index is 12.9. The highest BCUT2D eigenvalue weighted by molar-refractivity contribution is 8.00. The lowest BCUT2D eigenvalue weighted by atomic mass is 10.1. The van der Waals surface area contributed by atoms with E-state index in [4.69, 9.17) is 4.74 Å². The van der Waals surface area contributed by atoms with Gasteiger partial charge in [-0.1, -0.05) is 25.1 Å². The van der Waals surface area contributed by atoms with Crippen LogP contribution in [0.25, 0.3) is 0 Å². The average Bonchev–Trinajstić information content (AvgIpc) is 2.88. The number of aromatic amines is 1. The third-order valence-electron chi connectivity index (χ3n) is 5.35. The zero-order chi connectivity index (χ0) is 22.5. The first-order chi connectivity index (χ1) is 14.8. The summed E-state index contributed by atoms with van der Waals surface area (Å²) < 4.78 is 5.28. The second-order valence-electron chi connectivity index (χ2n) is 7.53. The van der Waals surface area contributed by atoms with Crippen LogP contribution in [0.4, 0.5) is 5.00 Å². The number of H-pyrrole nitrogens is 1. The number of ether oxygens (including phenoxy) is 1. The van der Waals surface area contributed by atoms with Gasteiger partial charge in [-0.2, -0.15) is 0 Å². The summed E-state index contributed by atoms with van der Waals surface area (Å²) in [6, 6.07) is 0. The van der Waals surface area contributed by atoms with Crippen molar-refractivity contribution in [1.82, 2.24) is 9.97 Å². The number of anilines is 1. The minimum absolute atomic E-state index is 0.170. The van der Waals surface area contributed by atoms with Gasteiger partial charge in [0.25, 0.3) is 5.56 Å². The standard InChI is InChI=1S/C22H29N3O4S2/c1-5-14-12(3)23-22(25-19(14)27)30-13(4)18(26)24-20-17(21(28)29-6-2)15-10-8-7-9-11-16(15)31-20/h13H,5-11H2,1-4H3,(H,24,26)(H,23,25,27). The molecule has 0 spiro atoms. The van der Waals surface area contributed by atoms with Gasteiger partial charge in [0.05, 0.1) is 17.4 Å². The molecule has 0 fully saturated rings. The molecule has 0 aliphatic heterocycles. The molecule has 1 amide bonds. The third-order valence-corrected chi connectivity index (χ3v) is 7.54. The lowest BCUT2D eigenvalue weighted by molar-refractivity contribution is -0.115. The quantitative estimate of drug-likeness (QED) is 0.275. The fourth-order valence-corrected chi connectivity index (χ4v) is 5.86. The fourth-order valence-electron chi connectivity index (χ4n) is 3.74. The van der Waals surface area contributed by atoms with Crippen molar-refractivity contribution in [3.8, 4) is 0 Å². The summed E-state index contributed by atoms with van der Waals surface area (Å²) in [5, 5.41) is 3.40. The number of thiophene rings is 1. The molecular weight excluding hydrogens is 434 g/mol. The van der Waals surface area contributed by atoms with Crippen molar-refractivity contribution in [2.24, 2.45) is 0 Å². The Hall–Kier alpha value is -2.13. The number of carbonyl (C=O) groups is 2. The molecule has 1 unspecified atom stereocenters. The Balaban J connectivity index is 1.81. The zero-order valence-electron chi connectivity index (χ0n) is 18.4. The number of thioether (sulfide) groups is 1. The van der Waals surface area contributed by atoms with E-state index in [2.05, 4.69) is 15.3 Å². The molecule has 0 saturated heterocycles. The highest BCUT2D eigenvalue weighted by atomic mass is 32.2. The molecule has 9 heteroatoms. The van der Waals surface area contributed by atoms with Crippen molar-refractivity contribution in [2.45, 2.75) is 76.6 Å². The number of hydrogen-bond acceptors (Lipinski definition) is 7. The molecule has 2 heterocycles. The van der Waals surface area contributed by atoms with Crippen molar-refractivity contribution < 1.29 is 14.3 Å². The molecule has 2 aromatic heterocycles. The lowest BCUT2D eigenvalue weighted by Gasteiger charge is -2.13. The van der Waals surface area contributed by atoms with Gasteiger partial charge in [-0.3, -0.25) is 9.59 Å². The Morgan fingerprint density at radius 1 is 1.26 bits per heavy atom. The largest absolute Gasteiger partial charge is 0.462 e. The van der Waals surface area contributed by atoms with E-state index in [1.807, 2.05) is 6.92 Å². The second-order valence-corrected chi connectivity index (χ2v) is 9.96. The third kappa shape index (κ3) is 5.38. The molecule has 0 radical (unpaired) electrons. The predicted octanol–water partition coefficient (Wildman–Crippen LogP) is 4.27. The molecule has 7 nitrogen and oxygen atoms in total. The molecule has 1 atom stereocenters. The van der Waals surface area contributed by atoms with Crippen LogP contribution >= 0.6 is 23.1 Å². The molecule has 1 aliphatic rings. The van der Waals surface area contributed by atoms with Crippen LogP contribution in [0.1, 0.15) is 72.1 Å². The first-order valence-corrected chi connectivity index (χ1v) is 12.4. The highest BCUT2D eigenvalue weighted by Crippen LogP contribution is 2.38. The van der Waals surface area contributed by atoms with Crippen molar-refractivity contribution in [2.75, 3.05) is 11.9 Å². The van der Waals surface area contributed by atoms with Gasteiger partial charge >= 0.3 is 5.97 Å². The van der Waals surface area contributed by atoms with Crippen molar-refractivity contribution in [3.05, 3.63) is 37.6 Å². The second kappa shape index (κ2) is 10.5. The molecule has 0 bridgehead atoms. The first-order valence-electron chi connectivity index (χ1n) is 10.7. The van der Waals surface area contributed by atoms with E-state index in [0.29, 0.717) is 33.4 Å². The smallest absolute Gasteiger partial charge is 0.341 e. The summed E-state index contributed by atoms with van der Waals surface area (Å²) in [5.41, 5.74) is 2.68. The Kier molecular flexibility index (Phi) is 7.94. The number of amides is 1. The van der Waals surface area contributed by atoms with E-state index in [1.165, 1.54) is 23.1 Å². The summed E-state index contributed by atoms with van der Waals surface area (Å²) in [6.07, 6.45) is 5.61. The monoisotopic (exact) mass is 463 g/mol. The molecule has 168 valence electrons. The van der Waals surface area contributed by atoms with Gasteiger partial charge in [-0.05, 0) is 58.4 Å². The van der Waals surface area contributed by atoms with Crippen LogP contribution in [0.2, 0.25) is 0 Å². The van der Waals surface area contributed by atoms with Gasteiger partial charge in [-0.15, -0.1) is 11.3 Å². The minimum Gasteiger partial charge on any atom is -0.462 e. The number of aryl methyl sites for hydroxylation is 2. The number of hydrogen-bond donors (Lipinski definition) is 2. The zero-order valence-corrected chi connectivity index (χ0v) is 20.1. The Morgan fingerprint density at radius 3 is 2.68 bits per heavy atom. The maximum atomic E-state index is 12.9. The fraction of sp³-hybridized carbons (Fsp3) is 0.545. The van der Waals surface area contributed by atoms with Gasteiger partial charge in [0.2, 0.25) is 5.91 Å². The Morgan fingerprint density at radius 2 is 2.00 bits per heavy atom. The molecule has 0 aromatic carbocycles. The number of rotatable bonds is 7. The number of esters is 1. The van der Waals surface area contributed by atoms with E-state index in [1.54, 1.807) is 20.8 Å². The molecule has 1 aliphatic carbocycles. The summed E-state index contributed by atoms with van der Waals surface area (Å²) in [5.74, 6) is -0.624. The summed E-state index contributed by atoms with van der Waals surface area (Å²) >= 11 is 2.67. The number of carbonyl (C=O) groups excluding carboxylic acids is 2. The van der Waals surface area contributed by atoms with Crippen LogP contribution in [0.5, 0.6) is 0 Å². The normalized spacial score (nSPS) is 14.5. The number of fused-ring (bicyclic) bond motifs is 1. The summed E-state index contributed by atoms with van der Waals surface area (Å²) in [4.78, 5) is 46.1. The Labute approximate surface area is 190 Å². The van der Waals surface area contributed by atoms with E-state index in [9.17, 15) is 14.4 Å². The van der Waals surface area contributed by atoms with Crippen LogP contribution in [0.15, 0.2) is 9.95 Å². The highest BCUT2D eigenvalue weighted by Gasteiger charge is 2.28. The summed E-state index contributed by atoms with van der Waals surface area (Å²) in [6.45, 7) is 7.53. The van der Waals surface area contributed by atoms with Crippen LogP contribution in [-0.4, -0.2) is 33.7 Å². The number of nitrogens with one attached hydrogen (secondary N) is 2. The molecule has 0 saturated carbocycles. The van der Waals surface area contributed by atoms with E-state index >= 15 is 0 Å². The van der Waals surface area contributed by atoms with Gasteiger partial charge < -0.3 is 15.0 Å². The maximum Gasteiger partial charge on any atom is 0.341 e. The molecule has 3 rings (SSSR count). The van der Waals surface area contributed by atoms with Crippen LogP contribution in [0, 0.1) is 6.92 Å². The number of nitrogens with zero attached hydrogens (tertiary/aromatic N) is 1.